The first-order valence-corrected chi connectivity index (χ1v) is 6.45. The minimum atomic E-state index is -2.39. The Morgan fingerprint density at radius 1 is 1.25 bits per heavy atom. The second-order valence-electron chi connectivity index (χ2n) is 2.88. The van der Waals surface area contributed by atoms with Gasteiger partial charge in [0.1, 0.15) is 10.2 Å². The average molecular weight is 278 g/mol. The molecule has 0 N–H and O–H groups in total. The lowest BCUT2D eigenvalue weighted by atomic mass is 10.2. The van der Waals surface area contributed by atoms with Crippen molar-refractivity contribution < 1.29 is 8.78 Å². The molecule has 16 heavy (non-hydrogen) atoms. The van der Waals surface area contributed by atoms with Crippen molar-refractivity contribution in [2.45, 2.75) is 10.7 Å². The van der Waals surface area contributed by atoms with Gasteiger partial charge in [-0.2, -0.15) is 8.78 Å². The van der Waals surface area contributed by atoms with Gasteiger partial charge in [-0.15, -0.1) is 11.3 Å². The molecule has 0 fully saturated rings. The number of hydrogen-bond acceptors (Lipinski definition) is 3. The summed E-state index contributed by atoms with van der Waals surface area (Å²) in [6.07, 6.45) is 0. The van der Waals surface area contributed by atoms with E-state index in [1.54, 1.807) is 29.6 Å². The predicted molar refractivity (Wildman–Crippen MR) is 64.4 cm³/mol. The largest absolute Gasteiger partial charge is 0.288 e. The van der Waals surface area contributed by atoms with Gasteiger partial charge >= 0.3 is 0 Å². The summed E-state index contributed by atoms with van der Waals surface area (Å²) in [6.45, 7) is 0. The van der Waals surface area contributed by atoms with Crippen LogP contribution in [0.2, 0.25) is 5.15 Å². The molecular weight excluding hydrogens is 272 g/mol. The second-order valence-corrected chi connectivity index (χ2v) is 5.19. The van der Waals surface area contributed by atoms with E-state index >= 15 is 0 Å². The third-order valence-corrected chi connectivity index (χ3v) is 3.74. The van der Waals surface area contributed by atoms with E-state index in [0.29, 0.717) is 21.8 Å². The van der Waals surface area contributed by atoms with Crippen LogP contribution < -0.4 is 0 Å². The highest BCUT2D eigenvalue weighted by Gasteiger charge is 2.06. The lowest BCUT2D eigenvalue weighted by Crippen LogP contribution is -1.82. The molecule has 0 unspecified atom stereocenters. The summed E-state index contributed by atoms with van der Waals surface area (Å²) >= 11 is 7.66. The van der Waals surface area contributed by atoms with Crippen molar-refractivity contribution >= 4 is 34.7 Å². The van der Waals surface area contributed by atoms with Gasteiger partial charge in [0.25, 0.3) is 5.76 Å². The second kappa shape index (κ2) is 5.12. The van der Waals surface area contributed by atoms with Crippen molar-refractivity contribution in [1.82, 2.24) is 4.98 Å². The van der Waals surface area contributed by atoms with Gasteiger partial charge in [0.05, 0.1) is 0 Å². The molecule has 84 valence electrons. The summed E-state index contributed by atoms with van der Waals surface area (Å²) in [6, 6.07) is 6.84. The molecule has 0 spiro atoms. The fraction of sp³-hybridized carbons (Fsp3) is 0.100. The summed E-state index contributed by atoms with van der Waals surface area (Å²) in [7, 11) is 0. The number of aromatic nitrogens is 1. The fourth-order valence-corrected chi connectivity index (χ4v) is 2.62. The first-order chi connectivity index (χ1) is 7.65. The van der Waals surface area contributed by atoms with Crippen molar-refractivity contribution in [3.05, 3.63) is 34.8 Å². The summed E-state index contributed by atoms with van der Waals surface area (Å²) in [5.41, 5.74) is 0.885. The number of thioether (sulfide) groups is 1. The van der Waals surface area contributed by atoms with Crippen LogP contribution in [0.5, 0.6) is 0 Å². The molecule has 2 aromatic rings. The average Bonchev–Trinajstić information content (AvgIpc) is 2.65. The van der Waals surface area contributed by atoms with E-state index in [0.717, 1.165) is 10.6 Å². The van der Waals surface area contributed by atoms with Gasteiger partial charge in [-0.3, -0.25) is 0 Å². The Kier molecular flexibility index (Phi) is 3.78. The molecular formula is C10H6ClF2NS2. The molecule has 1 nitrogen and oxygen atoms in total. The monoisotopic (exact) mass is 277 g/mol. The van der Waals surface area contributed by atoms with Crippen LogP contribution in [0, 0.1) is 0 Å². The maximum Gasteiger partial charge on any atom is 0.288 e. The van der Waals surface area contributed by atoms with E-state index in [-0.39, 0.29) is 0 Å². The number of rotatable bonds is 3. The number of hydrogen-bond donors (Lipinski definition) is 0. The smallest absolute Gasteiger partial charge is 0.224 e. The standard InChI is InChI=1S/C10H6ClF2NS2/c11-8-5-15-9(14-8)6-1-3-7(4-2-6)16-10(12)13/h1-5,10H. The Balaban J connectivity index is 2.19. The molecule has 0 aliphatic rings. The Hall–Kier alpha value is -0.650. The maximum atomic E-state index is 12.1. The molecule has 0 saturated carbocycles. The third kappa shape index (κ3) is 2.93. The molecule has 2 rings (SSSR count). The van der Waals surface area contributed by atoms with Crippen molar-refractivity contribution in [3.8, 4) is 10.6 Å². The van der Waals surface area contributed by atoms with E-state index in [9.17, 15) is 8.78 Å². The number of halogens is 3. The summed E-state index contributed by atoms with van der Waals surface area (Å²) in [4.78, 5) is 4.64. The van der Waals surface area contributed by atoms with Crippen LogP contribution in [0.1, 0.15) is 0 Å². The van der Waals surface area contributed by atoms with Gasteiger partial charge < -0.3 is 0 Å². The quantitative estimate of drug-likeness (QED) is 0.749. The van der Waals surface area contributed by atoms with Gasteiger partial charge in [0.2, 0.25) is 0 Å². The lowest BCUT2D eigenvalue weighted by Gasteiger charge is -2.00. The number of nitrogens with zero attached hydrogens (tertiary/aromatic N) is 1. The fourth-order valence-electron chi connectivity index (χ4n) is 1.17. The van der Waals surface area contributed by atoms with Gasteiger partial charge in [0, 0.05) is 15.8 Å². The Labute approximate surface area is 104 Å². The van der Waals surface area contributed by atoms with E-state index in [1.807, 2.05) is 0 Å². The van der Waals surface area contributed by atoms with E-state index in [2.05, 4.69) is 4.98 Å². The Morgan fingerprint density at radius 3 is 2.44 bits per heavy atom. The minimum absolute atomic E-state index is 0.450. The maximum absolute atomic E-state index is 12.1. The van der Waals surface area contributed by atoms with Crippen molar-refractivity contribution in [3.63, 3.8) is 0 Å². The molecule has 0 atom stereocenters. The molecule has 1 aromatic heterocycles. The first kappa shape index (κ1) is 11.8. The molecule has 0 amide bonds. The number of thiazole rings is 1. The lowest BCUT2D eigenvalue weighted by molar-refractivity contribution is 0.252. The SMILES string of the molecule is FC(F)Sc1ccc(-c2nc(Cl)cs2)cc1. The highest BCUT2D eigenvalue weighted by atomic mass is 35.5. The minimum Gasteiger partial charge on any atom is -0.224 e. The highest BCUT2D eigenvalue weighted by Crippen LogP contribution is 2.30. The van der Waals surface area contributed by atoms with Gasteiger partial charge in [0.15, 0.2) is 0 Å². The van der Waals surface area contributed by atoms with Crippen molar-refractivity contribution in [1.29, 1.82) is 0 Å². The van der Waals surface area contributed by atoms with E-state index in [1.165, 1.54) is 11.3 Å². The molecule has 1 aromatic carbocycles. The van der Waals surface area contributed by atoms with Crippen molar-refractivity contribution in [2.24, 2.45) is 0 Å². The van der Waals surface area contributed by atoms with Crippen LogP contribution in [-0.2, 0) is 0 Å². The summed E-state index contributed by atoms with van der Waals surface area (Å²) in [5.74, 6) is -2.39. The van der Waals surface area contributed by atoms with Crippen LogP contribution in [0.3, 0.4) is 0 Å². The zero-order valence-electron chi connectivity index (χ0n) is 7.86. The highest BCUT2D eigenvalue weighted by molar-refractivity contribution is 7.99. The van der Waals surface area contributed by atoms with Crippen LogP contribution in [-0.4, -0.2) is 10.7 Å². The van der Waals surface area contributed by atoms with Crippen LogP contribution in [0.4, 0.5) is 8.78 Å². The third-order valence-electron chi connectivity index (χ3n) is 1.80. The summed E-state index contributed by atoms with van der Waals surface area (Å²) in [5, 5.41) is 2.98. The molecule has 6 heteroatoms. The zero-order chi connectivity index (χ0) is 11.5. The molecule has 0 aliphatic carbocycles. The number of benzene rings is 1. The number of alkyl halides is 2. The molecule has 0 radical (unpaired) electrons. The van der Waals surface area contributed by atoms with Gasteiger partial charge in [-0.1, -0.05) is 35.5 Å². The molecule has 0 aliphatic heterocycles. The van der Waals surface area contributed by atoms with Crippen molar-refractivity contribution in [2.75, 3.05) is 0 Å². The molecule has 0 saturated heterocycles. The zero-order valence-corrected chi connectivity index (χ0v) is 10.3. The van der Waals surface area contributed by atoms with Crippen LogP contribution >= 0.6 is 34.7 Å². The van der Waals surface area contributed by atoms with Crippen LogP contribution in [0.15, 0.2) is 34.5 Å². The first-order valence-electron chi connectivity index (χ1n) is 4.31. The Morgan fingerprint density at radius 2 is 1.94 bits per heavy atom. The summed E-state index contributed by atoms with van der Waals surface area (Å²) < 4.78 is 24.2. The predicted octanol–water partition coefficient (Wildman–Crippen LogP) is 4.78. The van der Waals surface area contributed by atoms with E-state index < -0.39 is 5.76 Å². The molecule has 0 bridgehead atoms. The van der Waals surface area contributed by atoms with E-state index in [4.69, 9.17) is 11.6 Å². The molecule has 1 heterocycles. The van der Waals surface area contributed by atoms with Crippen LogP contribution in [0.25, 0.3) is 10.6 Å². The normalized spacial score (nSPS) is 11.0. The topological polar surface area (TPSA) is 12.9 Å². The van der Waals surface area contributed by atoms with Gasteiger partial charge in [-0.05, 0) is 12.1 Å². The van der Waals surface area contributed by atoms with Gasteiger partial charge in [-0.25, -0.2) is 4.98 Å². The Bertz CT molecular complexity index is 470.